The van der Waals surface area contributed by atoms with Gasteiger partial charge in [0.2, 0.25) is 0 Å². The maximum absolute atomic E-state index is 2.22. The van der Waals surface area contributed by atoms with Crippen LogP contribution in [-0.4, -0.2) is 24.7 Å². The van der Waals surface area contributed by atoms with Crippen LogP contribution < -0.4 is 0 Å². The third kappa shape index (κ3) is 13.1. The molecule has 2 radical (unpaired) electrons. The number of hydrogen-bond acceptors (Lipinski definition) is 0. The van der Waals surface area contributed by atoms with Crippen molar-refractivity contribution in [3.63, 3.8) is 0 Å². The molecular weight excluding hydrogens is 245 g/mol. The molecule has 0 rings (SSSR count). The van der Waals surface area contributed by atoms with Gasteiger partial charge in [0, 0.05) is 0 Å². The summed E-state index contributed by atoms with van der Waals surface area (Å²) in [6, 6.07) is 0. The van der Waals surface area contributed by atoms with Crippen molar-refractivity contribution >= 4 is 24.7 Å². The molecule has 0 atom stereocenters. The molecule has 0 nitrogen and oxygen atoms in total. The summed E-state index contributed by atoms with van der Waals surface area (Å²) >= 11 is 1.51. The van der Waals surface area contributed by atoms with Crippen LogP contribution in [0.15, 0.2) is 0 Å². The van der Waals surface area contributed by atoms with E-state index in [1.54, 1.807) is 0 Å². The fourth-order valence-electron chi connectivity index (χ4n) is 0. The van der Waals surface area contributed by atoms with Crippen molar-refractivity contribution in [3.05, 3.63) is 0 Å². The maximum atomic E-state index is 2.22. The average molecular weight is 252 g/mol. The molecule has 0 saturated carbocycles. The van der Waals surface area contributed by atoms with Gasteiger partial charge in [0.1, 0.15) is 0 Å². The van der Waals surface area contributed by atoms with Crippen molar-refractivity contribution in [3.8, 4) is 0 Å². The summed E-state index contributed by atoms with van der Waals surface area (Å²) in [5.74, 6) is 0. The van der Waals surface area contributed by atoms with E-state index >= 15 is 0 Å². The second kappa shape index (κ2) is 2.14. The van der Waals surface area contributed by atoms with E-state index in [-0.39, 0.29) is 0 Å². The van der Waals surface area contributed by atoms with Gasteiger partial charge >= 0.3 is 42.2 Å². The molecule has 4 heavy (non-hydrogen) atoms. The molecule has 0 saturated heterocycles. The van der Waals surface area contributed by atoms with E-state index in [9.17, 15) is 0 Å². The molecule has 1 heteroatoms. The van der Waals surface area contributed by atoms with E-state index in [1.807, 2.05) is 0 Å². The Kier molecular flexibility index (Phi) is 2.61. The third-order valence-electron chi connectivity index (χ3n) is 0. The second-order valence-electron chi connectivity index (χ2n) is 1.09. The Bertz CT molecular complexity index is 8.00. The third-order valence-corrected chi connectivity index (χ3v) is 0. The summed E-state index contributed by atoms with van der Waals surface area (Å²) in [7, 11) is 0. The predicted octanol–water partition coefficient (Wildman–Crippen LogP) is 0.983. The van der Waals surface area contributed by atoms with Crippen LogP contribution in [0.2, 0.25) is 3.63 Å². The summed E-state index contributed by atoms with van der Waals surface area (Å²) in [4.78, 5) is 0. The van der Waals surface area contributed by atoms with E-state index in [0.29, 0.717) is 0 Å². The standard InChI is InChI=1S/C3H7.Bi/c1-3-2;/h3H,1-2H3;/q;+2. The summed E-state index contributed by atoms with van der Waals surface area (Å²) < 4.78 is 0.944. The minimum absolute atomic E-state index is 0.944. The van der Waals surface area contributed by atoms with Crippen LogP contribution in [0.4, 0.5) is 0 Å². The fourth-order valence-corrected chi connectivity index (χ4v) is 0. The van der Waals surface area contributed by atoms with Gasteiger partial charge in [-0.25, -0.2) is 0 Å². The Morgan fingerprint density at radius 2 is 1.50 bits per heavy atom. The molecule has 0 bridgehead atoms. The zero-order valence-electron chi connectivity index (χ0n) is 3.02. The molecule has 0 aromatic rings. The Morgan fingerprint density at radius 3 is 1.50 bits per heavy atom. The van der Waals surface area contributed by atoms with Crippen LogP contribution in [0.3, 0.4) is 0 Å². The van der Waals surface area contributed by atoms with Crippen LogP contribution in [0, 0.1) is 0 Å². The quantitative estimate of drug-likeness (QED) is 0.564. The normalized spacial score (nSPS) is 8.75. The first-order valence-electron chi connectivity index (χ1n) is 1.41. The van der Waals surface area contributed by atoms with Gasteiger partial charge in [0.15, 0.2) is 0 Å². The van der Waals surface area contributed by atoms with E-state index in [1.165, 1.54) is 24.7 Å². The topological polar surface area (TPSA) is 0 Å². The van der Waals surface area contributed by atoms with Crippen molar-refractivity contribution < 1.29 is 0 Å². The molecule has 0 heterocycles. The van der Waals surface area contributed by atoms with Gasteiger partial charge in [-0.05, 0) is 0 Å². The number of hydrogen-bond donors (Lipinski definition) is 0. The molecular formula is C3H7Bi+2. The van der Waals surface area contributed by atoms with Gasteiger partial charge in [-0.2, -0.15) is 0 Å². The Morgan fingerprint density at radius 1 is 1.50 bits per heavy atom. The van der Waals surface area contributed by atoms with Crippen LogP contribution in [0.1, 0.15) is 13.8 Å². The summed E-state index contributed by atoms with van der Waals surface area (Å²) in [6.45, 7) is 4.43. The Hall–Kier alpha value is 0.883. The molecule has 0 spiro atoms. The van der Waals surface area contributed by atoms with Gasteiger partial charge in [-0.1, -0.05) is 0 Å². The van der Waals surface area contributed by atoms with Crippen molar-refractivity contribution in [2.75, 3.05) is 0 Å². The van der Waals surface area contributed by atoms with Gasteiger partial charge < -0.3 is 0 Å². The molecule has 0 aliphatic rings. The van der Waals surface area contributed by atoms with Crippen LogP contribution in [0.5, 0.6) is 0 Å². The van der Waals surface area contributed by atoms with Gasteiger partial charge in [0.05, 0.1) is 0 Å². The van der Waals surface area contributed by atoms with E-state index in [4.69, 9.17) is 0 Å². The molecule has 0 N–H and O–H groups in total. The first kappa shape index (κ1) is 4.88. The summed E-state index contributed by atoms with van der Waals surface area (Å²) in [5.41, 5.74) is 0. The Labute approximate surface area is 42.4 Å². The first-order chi connectivity index (χ1) is 1.73. The van der Waals surface area contributed by atoms with Gasteiger partial charge in [-0.3, -0.25) is 0 Å². The fraction of sp³-hybridized carbons (Fsp3) is 1.00. The van der Waals surface area contributed by atoms with Crippen molar-refractivity contribution in [2.45, 2.75) is 17.5 Å². The average Bonchev–Trinajstić information content (AvgIpc) is 0.811. The van der Waals surface area contributed by atoms with Gasteiger partial charge in [0.25, 0.3) is 0 Å². The SMILES string of the molecule is C[CH](C)[Bi+2]. The zero-order valence-corrected chi connectivity index (χ0v) is 6.50. The molecule has 0 aromatic heterocycles. The second-order valence-corrected chi connectivity index (χ2v) is 5.11. The minimum atomic E-state index is 0.944. The number of rotatable bonds is 0. The first-order valence-corrected chi connectivity index (χ1v) is 3.42. The van der Waals surface area contributed by atoms with Gasteiger partial charge in [-0.15, -0.1) is 0 Å². The summed E-state index contributed by atoms with van der Waals surface area (Å²) in [5, 5.41) is 0. The van der Waals surface area contributed by atoms with Crippen molar-refractivity contribution in [2.24, 2.45) is 0 Å². The van der Waals surface area contributed by atoms with E-state index in [2.05, 4.69) is 13.8 Å². The van der Waals surface area contributed by atoms with E-state index < -0.39 is 0 Å². The molecule has 22 valence electrons. The zero-order chi connectivity index (χ0) is 3.58. The Balaban J connectivity index is 2.32. The monoisotopic (exact) mass is 252 g/mol. The molecule has 0 amide bonds. The van der Waals surface area contributed by atoms with Crippen molar-refractivity contribution in [1.29, 1.82) is 0 Å². The van der Waals surface area contributed by atoms with Crippen molar-refractivity contribution in [1.82, 2.24) is 0 Å². The molecule has 0 fully saturated rings. The predicted molar refractivity (Wildman–Crippen MR) is 20.9 cm³/mol. The molecule has 0 aromatic carbocycles. The van der Waals surface area contributed by atoms with Crippen LogP contribution in [0.25, 0.3) is 0 Å². The molecule has 0 unspecified atom stereocenters. The molecule has 0 aliphatic heterocycles. The summed E-state index contributed by atoms with van der Waals surface area (Å²) in [6.07, 6.45) is 0. The van der Waals surface area contributed by atoms with Crippen LogP contribution >= 0.6 is 0 Å². The molecule has 0 aliphatic carbocycles. The van der Waals surface area contributed by atoms with Crippen LogP contribution in [-0.2, 0) is 0 Å². The van der Waals surface area contributed by atoms with E-state index in [0.717, 1.165) is 3.63 Å².